The Morgan fingerprint density at radius 1 is 1.03 bits per heavy atom. The van der Waals surface area contributed by atoms with Crippen LogP contribution < -0.4 is 21.3 Å². The molecule has 1 aliphatic heterocycles. The van der Waals surface area contributed by atoms with Crippen LogP contribution in [-0.2, 0) is 0 Å². The molecule has 1 fully saturated rings. The number of H-pyrrole nitrogens is 1. The maximum absolute atomic E-state index is 12.8. The molecule has 1 amide bonds. The van der Waals surface area contributed by atoms with Crippen molar-refractivity contribution in [3.8, 4) is 11.3 Å². The summed E-state index contributed by atoms with van der Waals surface area (Å²) in [7, 11) is 0. The molecule has 1 saturated heterocycles. The van der Waals surface area contributed by atoms with Crippen LogP contribution in [0.15, 0.2) is 54.7 Å². The van der Waals surface area contributed by atoms with Crippen LogP contribution in [0.2, 0.25) is 0 Å². The SMILES string of the molecule is Nc1ncc(-c2ccc(N3CCCNCC3)cc2)nc1C(=O)Nc1nc2ccccc2[nH]1. The summed E-state index contributed by atoms with van der Waals surface area (Å²) in [6.45, 7) is 4.04. The number of aromatic amines is 1. The predicted octanol–water partition coefficient (Wildman–Crippen LogP) is 2.65. The van der Waals surface area contributed by atoms with Crippen LogP contribution in [0, 0.1) is 0 Å². The summed E-state index contributed by atoms with van der Waals surface area (Å²) in [5, 5.41) is 6.14. The van der Waals surface area contributed by atoms with Crippen LogP contribution in [0.5, 0.6) is 0 Å². The van der Waals surface area contributed by atoms with Gasteiger partial charge >= 0.3 is 0 Å². The van der Waals surface area contributed by atoms with Crippen LogP contribution in [0.1, 0.15) is 16.9 Å². The first-order valence-corrected chi connectivity index (χ1v) is 10.6. The van der Waals surface area contributed by atoms with Crippen molar-refractivity contribution in [2.45, 2.75) is 6.42 Å². The number of hydrogen-bond donors (Lipinski definition) is 4. The molecule has 32 heavy (non-hydrogen) atoms. The number of fused-ring (bicyclic) bond motifs is 1. The first-order valence-electron chi connectivity index (χ1n) is 10.6. The van der Waals surface area contributed by atoms with Crippen LogP contribution in [0.3, 0.4) is 0 Å². The molecule has 3 heterocycles. The molecule has 0 atom stereocenters. The topological polar surface area (TPSA) is 125 Å². The highest BCUT2D eigenvalue weighted by molar-refractivity contribution is 6.05. The second-order valence-corrected chi connectivity index (χ2v) is 7.68. The maximum atomic E-state index is 12.8. The molecule has 0 saturated carbocycles. The van der Waals surface area contributed by atoms with Crippen molar-refractivity contribution in [1.29, 1.82) is 0 Å². The van der Waals surface area contributed by atoms with Gasteiger partial charge in [-0.15, -0.1) is 0 Å². The summed E-state index contributed by atoms with van der Waals surface area (Å²) in [4.78, 5) is 31.3. The summed E-state index contributed by atoms with van der Waals surface area (Å²) < 4.78 is 0. The fourth-order valence-corrected chi connectivity index (χ4v) is 3.83. The molecule has 0 aliphatic carbocycles. The van der Waals surface area contributed by atoms with Gasteiger partial charge in [0.15, 0.2) is 11.5 Å². The second kappa shape index (κ2) is 8.64. The van der Waals surface area contributed by atoms with E-state index in [1.165, 1.54) is 5.69 Å². The highest BCUT2D eigenvalue weighted by Gasteiger charge is 2.17. The molecular formula is C23H24N8O. The molecule has 0 spiro atoms. The van der Waals surface area contributed by atoms with Gasteiger partial charge in [0.05, 0.1) is 22.9 Å². The minimum absolute atomic E-state index is 0.0608. The summed E-state index contributed by atoms with van der Waals surface area (Å²) in [6, 6.07) is 15.7. The van der Waals surface area contributed by atoms with Gasteiger partial charge in [-0.1, -0.05) is 24.3 Å². The highest BCUT2D eigenvalue weighted by Crippen LogP contribution is 2.23. The molecule has 0 radical (unpaired) electrons. The Kier molecular flexibility index (Phi) is 5.39. The number of anilines is 3. The number of nitrogen functional groups attached to an aromatic ring is 1. The number of nitrogens with one attached hydrogen (secondary N) is 3. The number of para-hydroxylation sites is 2. The van der Waals surface area contributed by atoms with Gasteiger partial charge in [-0.25, -0.2) is 15.0 Å². The summed E-state index contributed by atoms with van der Waals surface area (Å²) in [5.41, 5.74) is 10.2. The van der Waals surface area contributed by atoms with Crippen molar-refractivity contribution in [3.63, 3.8) is 0 Å². The van der Waals surface area contributed by atoms with E-state index in [2.05, 4.69) is 47.6 Å². The zero-order valence-corrected chi connectivity index (χ0v) is 17.5. The van der Waals surface area contributed by atoms with E-state index in [1.54, 1.807) is 6.20 Å². The number of amides is 1. The van der Waals surface area contributed by atoms with Gasteiger partial charge in [-0.05, 0) is 37.2 Å². The van der Waals surface area contributed by atoms with Crippen molar-refractivity contribution < 1.29 is 4.79 Å². The largest absolute Gasteiger partial charge is 0.382 e. The molecule has 4 aromatic rings. The zero-order chi connectivity index (χ0) is 21.9. The number of aromatic nitrogens is 4. The fourth-order valence-electron chi connectivity index (χ4n) is 3.83. The number of nitrogens with zero attached hydrogens (tertiary/aromatic N) is 4. The molecule has 0 bridgehead atoms. The third kappa shape index (κ3) is 4.10. The molecule has 1 aliphatic rings. The van der Waals surface area contributed by atoms with Crippen molar-refractivity contribution in [3.05, 3.63) is 60.4 Å². The molecule has 9 heteroatoms. The molecule has 2 aromatic heterocycles. The Morgan fingerprint density at radius 2 is 1.88 bits per heavy atom. The molecule has 5 rings (SSSR count). The van der Waals surface area contributed by atoms with Crippen molar-refractivity contribution >= 4 is 34.4 Å². The number of carbonyl (C=O) groups excluding carboxylic acids is 1. The minimum Gasteiger partial charge on any atom is -0.382 e. The highest BCUT2D eigenvalue weighted by atomic mass is 16.2. The molecule has 9 nitrogen and oxygen atoms in total. The smallest absolute Gasteiger partial charge is 0.280 e. The van der Waals surface area contributed by atoms with E-state index in [9.17, 15) is 4.79 Å². The number of hydrogen-bond acceptors (Lipinski definition) is 7. The predicted molar refractivity (Wildman–Crippen MR) is 126 cm³/mol. The number of benzene rings is 2. The molecule has 0 unspecified atom stereocenters. The van der Waals surface area contributed by atoms with Gasteiger partial charge in [-0.2, -0.15) is 0 Å². The van der Waals surface area contributed by atoms with E-state index in [1.807, 2.05) is 36.4 Å². The Bertz CT molecular complexity index is 1210. The van der Waals surface area contributed by atoms with E-state index in [4.69, 9.17) is 5.73 Å². The fraction of sp³-hybridized carbons (Fsp3) is 0.217. The summed E-state index contributed by atoms with van der Waals surface area (Å²) in [6.07, 6.45) is 2.70. The Balaban J connectivity index is 1.36. The minimum atomic E-state index is -0.468. The number of carbonyl (C=O) groups is 1. The summed E-state index contributed by atoms with van der Waals surface area (Å²) in [5.74, 6) is -0.0697. The molecule has 5 N–H and O–H groups in total. The summed E-state index contributed by atoms with van der Waals surface area (Å²) >= 11 is 0. The van der Waals surface area contributed by atoms with Crippen LogP contribution in [0.25, 0.3) is 22.3 Å². The number of imidazole rings is 1. The van der Waals surface area contributed by atoms with Gasteiger partial charge in [0.1, 0.15) is 0 Å². The van der Waals surface area contributed by atoms with Crippen LogP contribution in [0.4, 0.5) is 17.5 Å². The lowest BCUT2D eigenvalue weighted by molar-refractivity contribution is 0.102. The van der Waals surface area contributed by atoms with Gasteiger partial charge in [0.25, 0.3) is 5.91 Å². The molecule has 2 aromatic carbocycles. The quantitative estimate of drug-likeness (QED) is 0.394. The standard InChI is InChI=1S/C23H24N8O/c24-21-20(22(32)30-23-28-17-4-1-2-5-18(17)29-23)27-19(14-26-21)15-6-8-16(9-7-15)31-12-3-10-25-11-13-31/h1-2,4-9,14,25H,3,10-13H2,(H2,24,26)(H2,28,29,30,32). The maximum Gasteiger partial charge on any atom is 0.280 e. The first-order chi connectivity index (χ1) is 15.7. The van der Waals surface area contributed by atoms with Crippen LogP contribution in [-0.4, -0.2) is 52.0 Å². The lowest BCUT2D eigenvalue weighted by Gasteiger charge is -2.22. The van der Waals surface area contributed by atoms with Gasteiger partial charge in [-0.3, -0.25) is 10.1 Å². The van der Waals surface area contributed by atoms with Crippen molar-refractivity contribution in [1.82, 2.24) is 25.3 Å². The lowest BCUT2D eigenvalue weighted by atomic mass is 10.1. The van der Waals surface area contributed by atoms with E-state index in [-0.39, 0.29) is 11.5 Å². The number of rotatable bonds is 4. The van der Waals surface area contributed by atoms with E-state index < -0.39 is 5.91 Å². The van der Waals surface area contributed by atoms with Gasteiger partial charge in [0, 0.05) is 30.9 Å². The monoisotopic (exact) mass is 428 g/mol. The lowest BCUT2D eigenvalue weighted by Crippen LogP contribution is -2.27. The van der Waals surface area contributed by atoms with Crippen molar-refractivity contribution in [2.24, 2.45) is 0 Å². The van der Waals surface area contributed by atoms with E-state index >= 15 is 0 Å². The first kappa shape index (κ1) is 20.0. The third-order valence-corrected chi connectivity index (χ3v) is 5.51. The van der Waals surface area contributed by atoms with E-state index in [0.717, 1.165) is 49.2 Å². The Morgan fingerprint density at radius 3 is 2.72 bits per heavy atom. The Hall–Kier alpha value is -3.98. The number of nitrogens with two attached hydrogens (primary N) is 1. The second-order valence-electron chi connectivity index (χ2n) is 7.68. The van der Waals surface area contributed by atoms with Crippen LogP contribution >= 0.6 is 0 Å². The normalized spacial score (nSPS) is 14.3. The molecular weight excluding hydrogens is 404 g/mol. The Labute approximate surface area is 185 Å². The molecule has 162 valence electrons. The van der Waals surface area contributed by atoms with Gasteiger partial charge in [0.2, 0.25) is 5.95 Å². The average Bonchev–Trinajstić information content (AvgIpc) is 3.02. The van der Waals surface area contributed by atoms with Gasteiger partial charge < -0.3 is 20.9 Å². The van der Waals surface area contributed by atoms with E-state index in [0.29, 0.717) is 11.6 Å². The third-order valence-electron chi connectivity index (χ3n) is 5.51. The average molecular weight is 429 g/mol. The zero-order valence-electron chi connectivity index (χ0n) is 17.5. The van der Waals surface area contributed by atoms with Crippen molar-refractivity contribution in [2.75, 3.05) is 42.1 Å².